The molecule has 1 aromatic rings. The van der Waals surface area contributed by atoms with Gasteiger partial charge in [0.25, 0.3) is 0 Å². The van der Waals surface area contributed by atoms with E-state index in [0.29, 0.717) is 11.5 Å². The van der Waals surface area contributed by atoms with Crippen molar-refractivity contribution in [3.63, 3.8) is 0 Å². The number of aromatic nitrogens is 2. The van der Waals surface area contributed by atoms with Crippen LogP contribution >= 0.6 is 0 Å². The molecule has 1 fully saturated rings. The zero-order chi connectivity index (χ0) is 10.8. The van der Waals surface area contributed by atoms with Crippen molar-refractivity contribution in [3.05, 3.63) is 5.69 Å². The van der Waals surface area contributed by atoms with Gasteiger partial charge in [0.15, 0.2) is 5.82 Å². The maximum absolute atomic E-state index is 5.73. The number of anilines is 3. The van der Waals surface area contributed by atoms with Crippen LogP contribution in [0.2, 0.25) is 0 Å². The largest absolute Gasteiger partial charge is 0.394 e. The van der Waals surface area contributed by atoms with Crippen LogP contribution in [-0.2, 0) is 0 Å². The van der Waals surface area contributed by atoms with E-state index in [1.165, 1.54) is 19.3 Å². The summed E-state index contributed by atoms with van der Waals surface area (Å²) in [4.78, 5) is 10.8. The molecule has 1 aromatic heterocycles. The van der Waals surface area contributed by atoms with E-state index in [1.54, 1.807) is 0 Å². The quantitative estimate of drug-likeness (QED) is 0.716. The van der Waals surface area contributed by atoms with Gasteiger partial charge in [-0.05, 0) is 26.2 Å². The van der Waals surface area contributed by atoms with Crippen molar-refractivity contribution in [3.8, 4) is 0 Å². The molecule has 1 saturated heterocycles. The number of piperidine rings is 1. The predicted molar refractivity (Wildman–Crippen MR) is 61.7 cm³/mol. The van der Waals surface area contributed by atoms with E-state index >= 15 is 0 Å². The monoisotopic (exact) mass is 207 g/mol. The van der Waals surface area contributed by atoms with E-state index in [0.717, 1.165) is 24.7 Å². The van der Waals surface area contributed by atoms with Gasteiger partial charge in [-0.2, -0.15) is 4.98 Å². The number of nitrogens with zero attached hydrogens (tertiary/aromatic N) is 3. The Morgan fingerprint density at radius 1 is 1.07 bits per heavy atom. The Hall–Kier alpha value is -1.52. The minimum atomic E-state index is 0.392. The molecule has 0 atom stereocenters. The van der Waals surface area contributed by atoms with Crippen LogP contribution in [-0.4, -0.2) is 23.1 Å². The molecule has 0 bridgehead atoms. The summed E-state index contributed by atoms with van der Waals surface area (Å²) in [5, 5.41) is 0. The standard InChI is InChI=1S/C10H17N5/c1-7-8(11)9(12)14-10(13-7)15-5-3-2-4-6-15/h2-6,11H2,1H3,(H2,12,13,14). The summed E-state index contributed by atoms with van der Waals surface area (Å²) in [5.41, 5.74) is 12.7. The summed E-state index contributed by atoms with van der Waals surface area (Å²) in [6.07, 6.45) is 3.69. The lowest BCUT2D eigenvalue weighted by atomic mass is 10.1. The van der Waals surface area contributed by atoms with Crippen molar-refractivity contribution < 1.29 is 0 Å². The Balaban J connectivity index is 2.27. The summed E-state index contributed by atoms with van der Waals surface area (Å²) in [5.74, 6) is 1.11. The van der Waals surface area contributed by atoms with Crippen molar-refractivity contribution in [2.24, 2.45) is 0 Å². The fourth-order valence-corrected chi connectivity index (χ4v) is 1.82. The van der Waals surface area contributed by atoms with Gasteiger partial charge in [-0.3, -0.25) is 0 Å². The summed E-state index contributed by atoms with van der Waals surface area (Å²) in [7, 11) is 0. The van der Waals surface area contributed by atoms with Crippen LogP contribution in [0.4, 0.5) is 17.5 Å². The lowest BCUT2D eigenvalue weighted by molar-refractivity contribution is 0.568. The van der Waals surface area contributed by atoms with Crippen LogP contribution in [0.3, 0.4) is 0 Å². The average Bonchev–Trinajstić information content (AvgIpc) is 2.26. The fourth-order valence-electron chi connectivity index (χ4n) is 1.82. The van der Waals surface area contributed by atoms with Crippen molar-refractivity contribution in [2.45, 2.75) is 26.2 Å². The van der Waals surface area contributed by atoms with Gasteiger partial charge in [0, 0.05) is 13.1 Å². The first-order valence-corrected chi connectivity index (χ1v) is 5.33. The normalized spacial score (nSPS) is 16.7. The molecule has 2 heterocycles. The number of hydrogen-bond acceptors (Lipinski definition) is 5. The Labute approximate surface area is 89.5 Å². The Morgan fingerprint density at radius 2 is 1.73 bits per heavy atom. The lowest BCUT2D eigenvalue weighted by Crippen LogP contribution is -2.31. The van der Waals surface area contributed by atoms with Crippen molar-refractivity contribution in [1.82, 2.24) is 9.97 Å². The second-order valence-corrected chi connectivity index (χ2v) is 3.96. The lowest BCUT2D eigenvalue weighted by Gasteiger charge is -2.27. The fraction of sp³-hybridized carbons (Fsp3) is 0.600. The third-order valence-corrected chi connectivity index (χ3v) is 2.79. The molecule has 15 heavy (non-hydrogen) atoms. The highest BCUT2D eigenvalue weighted by Gasteiger charge is 2.15. The average molecular weight is 207 g/mol. The maximum atomic E-state index is 5.73. The van der Waals surface area contributed by atoms with Gasteiger partial charge in [-0.25, -0.2) is 4.98 Å². The second-order valence-electron chi connectivity index (χ2n) is 3.96. The van der Waals surface area contributed by atoms with Gasteiger partial charge < -0.3 is 16.4 Å². The first-order chi connectivity index (χ1) is 7.18. The van der Waals surface area contributed by atoms with E-state index in [2.05, 4.69) is 14.9 Å². The van der Waals surface area contributed by atoms with Crippen LogP contribution in [0.5, 0.6) is 0 Å². The minimum absolute atomic E-state index is 0.392. The smallest absolute Gasteiger partial charge is 0.227 e. The molecule has 0 unspecified atom stereocenters. The molecule has 0 spiro atoms. The molecular formula is C10H17N5. The molecule has 1 aliphatic heterocycles. The summed E-state index contributed by atoms with van der Waals surface area (Å²) < 4.78 is 0. The van der Waals surface area contributed by atoms with Crippen LogP contribution in [0.25, 0.3) is 0 Å². The van der Waals surface area contributed by atoms with Crippen molar-refractivity contribution >= 4 is 17.5 Å². The van der Waals surface area contributed by atoms with E-state index < -0.39 is 0 Å². The molecule has 4 N–H and O–H groups in total. The predicted octanol–water partition coefficient (Wildman–Crippen LogP) is 0.940. The summed E-state index contributed by atoms with van der Waals surface area (Å²) >= 11 is 0. The van der Waals surface area contributed by atoms with Crippen molar-refractivity contribution in [1.29, 1.82) is 0 Å². The number of hydrogen-bond donors (Lipinski definition) is 2. The minimum Gasteiger partial charge on any atom is -0.394 e. The zero-order valence-corrected chi connectivity index (χ0v) is 9.03. The molecule has 1 aliphatic rings. The number of nitrogens with two attached hydrogens (primary N) is 2. The molecule has 2 rings (SSSR count). The second kappa shape index (κ2) is 3.92. The summed E-state index contributed by atoms with van der Waals surface area (Å²) in [6.45, 7) is 3.90. The van der Waals surface area contributed by atoms with Crippen molar-refractivity contribution in [2.75, 3.05) is 29.5 Å². The number of aryl methyl sites for hydroxylation is 1. The van der Waals surface area contributed by atoms with Crippen LogP contribution in [0.1, 0.15) is 25.0 Å². The highest BCUT2D eigenvalue weighted by Crippen LogP contribution is 2.21. The SMILES string of the molecule is Cc1nc(N2CCCCC2)nc(N)c1N. The van der Waals surface area contributed by atoms with E-state index in [9.17, 15) is 0 Å². The summed E-state index contributed by atoms with van der Waals surface area (Å²) in [6, 6.07) is 0. The topological polar surface area (TPSA) is 81.1 Å². The molecule has 0 radical (unpaired) electrons. The zero-order valence-electron chi connectivity index (χ0n) is 9.03. The Bertz CT molecular complexity index is 334. The van der Waals surface area contributed by atoms with Gasteiger partial charge in [0.2, 0.25) is 5.95 Å². The van der Waals surface area contributed by atoms with Gasteiger partial charge in [-0.15, -0.1) is 0 Å². The molecule has 0 saturated carbocycles. The molecule has 5 nitrogen and oxygen atoms in total. The third kappa shape index (κ3) is 1.95. The first-order valence-electron chi connectivity index (χ1n) is 5.33. The third-order valence-electron chi connectivity index (χ3n) is 2.79. The molecule has 5 heteroatoms. The highest BCUT2D eigenvalue weighted by atomic mass is 15.3. The molecule has 0 aliphatic carbocycles. The van der Waals surface area contributed by atoms with E-state index in [4.69, 9.17) is 11.5 Å². The molecule has 0 amide bonds. The molecule has 0 aromatic carbocycles. The van der Waals surface area contributed by atoms with Crippen LogP contribution < -0.4 is 16.4 Å². The Kier molecular flexibility index (Phi) is 2.62. The maximum Gasteiger partial charge on any atom is 0.227 e. The molecular weight excluding hydrogens is 190 g/mol. The van der Waals surface area contributed by atoms with Crippen LogP contribution in [0.15, 0.2) is 0 Å². The van der Waals surface area contributed by atoms with Gasteiger partial charge in [0.05, 0.1) is 11.4 Å². The first kappa shape index (κ1) is 10.0. The molecule has 82 valence electrons. The van der Waals surface area contributed by atoms with Gasteiger partial charge >= 0.3 is 0 Å². The van der Waals surface area contributed by atoms with Gasteiger partial charge in [-0.1, -0.05) is 0 Å². The highest BCUT2D eigenvalue weighted by molar-refractivity contribution is 5.63. The Morgan fingerprint density at radius 3 is 2.33 bits per heavy atom. The van der Waals surface area contributed by atoms with E-state index in [-0.39, 0.29) is 0 Å². The number of nitrogen functional groups attached to an aromatic ring is 2. The van der Waals surface area contributed by atoms with Gasteiger partial charge in [0.1, 0.15) is 0 Å². The van der Waals surface area contributed by atoms with E-state index in [1.807, 2.05) is 6.92 Å². The number of rotatable bonds is 1. The van der Waals surface area contributed by atoms with Crippen LogP contribution in [0, 0.1) is 6.92 Å².